The molecular formula is C9H11NO3S. The second-order valence-electron chi connectivity index (χ2n) is 3.04. The largest absolute Gasteiger partial charge is 0.303 e. The van der Waals surface area contributed by atoms with Crippen LogP contribution in [-0.2, 0) is 14.8 Å². The summed E-state index contributed by atoms with van der Waals surface area (Å²) in [6.07, 6.45) is 0.752. The maximum atomic E-state index is 11.0. The summed E-state index contributed by atoms with van der Waals surface area (Å²) in [4.78, 5) is 10.5. The third-order valence-electron chi connectivity index (χ3n) is 1.92. The van der Waals surface area contributed by atoms with E-state index in [1.807, 2.05) is 0 Å². The van der Waals surface area contributed by atoms with Crippen LogP contribution in [0.4, 0.5) is 0 Å². The number of rotatable bonds is 3. The molecule has 0 radical (unpaired) electrons. The molecule has 0 saturated heterocycles. The Hall–Kier alpha value is -1.20. The van der Waals surface area contributed by atoms with Gasteiger partial charge in [0.05, 0.1) is 4.90 Å². The molecule has 1 aromatic rings. The Morgan fingerprint density at radius 3 is 2.57 bits per heavy atom. The predicted octanol–water partition coefficient (Wildman–Crippen LogP) is 0.636. The molecule has 0 aromatic heterocycles. The summed E-state index contributed by atoms with van der Waals surface area (Å²) in [5.74, 6) is -0.323. The van der Waals surface area contributed by atoms with Gasteiger partial charge in [0.15, 0.2) is 0 Å². The second kappa shape index (κ2) is 3.89. The minimum Gasteiger partial charge on any atom is -0.303 e. The number of sulfonamides is 1. The number of primary sulfonamides is 1. The molecule has 0 saturated carbocycles. The highest BCUT2D eigenvalue weighted by molar-refractivity contribution is 7.89. The highest BCUT2D eigenvalue weighted by Crippen LogP contribution is 2.16. The van der Waals surface area contributed by atoms with E-state index in [0.29, 0.717) is 5.56 Å². The van der Waals surface area contributed by atoms with E-state index in [4.69, 9.17) is 5.14 Å². The standard InChI is InChI=1S/C9H11NO3S/c1-7(6-11)8-3-2-4-9(5-8)14(10,12)13/h2-7H,1H3,(H2,10,12,13). The van der Waals surface area contributed by atoms with Gasteiger partial charge in [-0.3, -0.25) is 0 Å². The van der Waals surface area contributed by atoms with E-state index < -0.39 is 10.0 Å². The molecule has 1 atom stereocenters. The van der Waals surface area contributed by atoms with Crippen LogP contribution in [0.1, 0.15) is 18.4 Å². The van der Waals surface area contributed by atoms with Gasteiger partial charge in [-0.2, -0.15) is 0 Å². The van der Waals surface area contributed by atoms with E-state index in [2.05, 4.69) is 0 Å². The van der Waals surface area contributed by atoms with Crippen molar-refractivity contribution in [3.8, 4) is 0 Å². The molecule has 0 aliphatic carbocycles. The van der Waals surface area contributed by atoms with Crippen LogP contribution in [0.2, 0.25) is 0 Å². The molecule has 0 amide bonds. The van der Waals surface area contributed by atoms with Crippen molar-refractivity contribution in [2.75, 3.05) is 0 Å². The number of carbonyl (C=O) groups is 1. The highest BCUT2D eigenvalue weighted by atomic mass is 32.2. The Labute approximate surface area is 82.8 Å². The molecule has 1 aromatic carbocycles. The van der Waals surface area contributed by atoms with Crippen LogP contribution in [0.15, 0.2) is 29.2 Å². The van der Waals surface area contributed by atoms with Gasteiger partial charge in [-0.05, 0) is 17.7 Å². The van der Waals surface area contributed by atoms with Crippen molar-refractivity contribution in [1.82, 2.24) is 0 Å². The Morgan fingerprint density at radius 1 is 1.43 bits per heavy atom. The average molecular weight is 213 g/mol. The lowest BCUT2D eigenvalue weighted by Crippen LogP contribution is -2.12. The summed E-state index contributed by atoms with van der Waals surface area (Å²) in [5, 5.41) is 4.95. The SMILES string of the molecule is CC(C=O)c1cccc(S(N)(=O)=O)c1. The quantitative estimate of drug-likeness (QED) is 0.748. The Kier molecular flexibility index (Phi) is 3.03. The van der Waals surface area contributed by atoms with Crippen LogP contribution in [-0.4, -0.2) is 14.7 Å². The number of benzene rings is 1. The molecule has 2 N–H and O–H groups in total. The van der Waals surface area contributed by atoms with Gasteiger partial charge >= 0.3 is 0 Å². The lowest BCUT2D eigenvalue weighted by Gasteiger charge is -2.05. The molecule has 0 aliphatic rings. The zero-order chi connectivity index (χ0) is 10.8. The summed E-state index contributed by atoms with van der Waals surface area (Å²) < 4.78 is 22.0. The number of carbonyl (C=O) groups excluding carboxylic acids is 1. The van der Waals surface area contributed by atoms with Crippen LogP contribution in [0.25, 0.3) is 0 Å². The minimum atomic E-state index is -3.68. The van der Waals surface area contributed by atoms with Gasteiger partial charge in [-0.1, -0.05) is 19.1 Å². The predicted molar refractivity (Wildman–Crippen MR) is 52.3 cm³/mol. The molecular weight excluding hydrogens is 202 g/mol. The molecule has 0 spiro atoms. The van der Waals surface area contributed by atoms with Gasteiger partial charge in [0, 0.05) is 5.92 Å². The van der Waals surface area contributed by atoms with Gasteiger partial charge in [-0.25, -0.2) is 13.6 Å². The lowest BCUT2D eigenvalue weighted by molar-refractivity contribution is -0.108. The Morgan fingerprint density at radius 2 is 2.07 bits per heavy atom. The Balaban J connectivity index is 3.20. The van der Waals surface area contributed by atoms with Crippen LogP contribution >= 0.6 is 0 Å². The summed E-state index contributed by atoms with van der Waals surface area (Å²) in [7, 11) is -3.68. The monoisotopic (exact) mass is 213 g/mol. The van der Waals surface area contributed by atoms with Gasteiger partial charge in [-0.15, -0.1) is 0 Å². The molecule has 0 fully saturated rings. The van der Waals surface area contributed by atoms with E-state index in [1.165, 1.54) is 12.1 Å². The van der Waals surface area contributed by atoms with Crippen LogP contribution in [0.3, 0.4) is 0 Å². The average Bonchev–Trinajstić information content (AvgIpc) is 2.15. The van der Waals surface area contributed by atoms with E-state index in [1.54, 1.807) is 19.1 Å². The number of aldehydes is 1. The first-order valence-electron chi connectivity index (χ1n) is 4.03. The van der Waals surface area contributed by atoms with Gasteiger partial charge in [0.1, 0.15) is 6.29 Å². The number of nitrogens with two attached hydrogens (primary N) is 1. The summed E-state index contributed by atoms with van der Waals surface area (Å²) >= 11 is 0. The Bertz CT molecular complexity index is 439. The summed E-state index contributed by atoms with van der Waals surface area (Å²) in [6.45, 7) is 1.69. The van der Waals surface area contributed by atoms with E-state index in [-0.39, 0.29) is 10.8 Å². The van der Waals surface area contributed by atoms with E-state index in [0.717, 1.165) is 6.29 Å². The van der Waals surface area contributed by atoms with Crippen molar-refractivity contribution in [1.29, 1.82) is 0 Å². The highest BCUT2D eigenvalue weighted by Gasteiger charge is 2.10. The molecule has 0 heterocycles. The van der Waals surface area contributed by atoms with Gasteiger partial charge in [0.2, 0.25) is 10.0 Å². The fourth-order valence-electron chi connectivity index (χ4n) is 1.05. The minimum absolute atomic E-state index is 0.0312. The van der Waals surface area contributed by atoms with E-state index >= 15 is 0 Å². The molecule has 5 heteroatoms. The van der Waals surface area contributed by atoms with Crippen molar-refractivity contribution in [2.45, 2.75) is 17.7 Å². The molecule has 1 unspecified atom stereocenters. The van der Waals surface area contributed by atoms with Crippen molar-refractivity contribution in [2.24, 2.45) is 5.14 Å². The molecule has 14 heavy (non-hydrogen) atoms. The van der Waals surface area contributed by atoms with Crippen molar-refractivity contribution in [3.05, 3.63) is 29.8 Å². The fraction of sp³-hybridized carbons (Fsp3) is 0.222. The molecule has 76 valence electrons. The first-order valence-corrected chi connectivity index (χ1v) is 5.58. The number of hydrogen-bond donors (Lipinski definition) is 1. The number of hydrogen-bond acceptors (Lipinski definition) is 3. The van der Waals surface area contributed by atoms with Crippen molar-refractivity contribution >= 4 is 16.3 Å². The third-order valence-corrected chi connectivity index (χ3v) is 2.83. The smallest absolute Gasteiger partial charge is 0.238 e. The zero-order valence-electron chi connectivity index (χ0n) is 7.67. The molecule has 1 rings (SSSR count). The van der Waals surface area contributed by atoms with Crippen LogP contribution in [0.5, 0.6) is 0 Å². The van der Waals surface area contributed by atoms with Crippen molar-refractivity contribution in [3.63, 3.8) is 0 Å². The first kappa shape index (κ1) is 10.9. The summed E-state index contributed by atoms with van der Waals surface area (Å²) in [6, 6.07) is 6.06. The first-order chi connectivity index (χ1) is 6.45. The maximum Gasteiger partial charge on any atom is 0.238 e. The molecule has 0 bridgehead atoms. The van der Waals surface area contributed by atoms with Crippen LogP contribution in [0, 0.1) is 0 Å². The van der Waals surface area contributed by atoms with Gasteiger partial charge in [0.25, 0.3) is 0 Å². The second-order valence-corrected chi connectivity index (χ2v) is 4.60. The third kappa shape index (κ3) is 2.40. The molecule has 4 nitrogen and oxygen atoms in total. The molecule has 0 aliphatic heterocycles. The van der Waals surface area contributed by atoms with Crippen molar-refractivity contribution < 1.29 is 13.2 Å². The fourth-order valence-corrected chi connectivity index (χ4v) is 1.62. The summed E-state index contributed by atoms with van der Waals surface area (Å²) in [5.41, 5.74) is 0.645. The van der Waals surface area contributed by atoms with Gasteiger partial charge < -0.3 is 4.79 Å². The topological polar surface area (TPSA) is 77.2 Å². The zero-order valence-corrected chi connectivity index (χ0v) is 8.49. The normalized spacial score (nSPS) is 13.6. The maximum absolute atomic E-state index is 11.0. The lowest BCUT2D eigenvalue weighted by atomic mass is 10.0. The van der Waals surface area contributed by atoms with Crippen LogP contribution < -0.4 is 5.14 Å². The van der Waals surface area contributed by atoms with E-state index in [9.17, 15) is 13.2 Å².